The van der Waals surface area contributed by atoms with Crippen molar-refractivity contribution >= 4 is 17.5 Å². The standard InChI is InChI=1S/C13H12F3NO4/c1-9(18)8-12(19,13(14,15)16)6-5-10-3-2-4-11(7-10)17(20)21/h2-7,19H,8H2,1H3/b6-5+/t12-/m1/s1. The number of rotatable bonds is 5. The first kappa shape index (κ1) is 16.8. The summed E-state index contributed by atoms with van der Waals surface area (Å²) in [5.41, 5.74) is -3.49. The Kier molecular flexibility index (Phi) is 4.84. The predicted octanol–water partition coefficient (Wildman–Crippen LogP) is 2.88. The summed E-state index contributed by atoms with van der Waals surface area (Å²) in [5.74, 6) is -0.835. The highest BCUT2D eigenvalue weighted by Crippen LogP contribution is 2.35. The second kappa shape index (κ2) is 6.04. The van der Waals surface area contributed by atoms with Crippen molar-refractivity contribution in [2.75, 3.05) is 0 Å². The zero-order valence-electron chi connectivity index (χ0n) is 10.9. The lowest BCUT2D eigenvalue weighted by Gasteiger charge is -2.26. The topological polar surface area (TPSA) is 80.4 Å². The van der Waals surface area contributed by atoms with E-state index in [-0.39, 0.29) is 11.3 Å². The Labute approximate surface area is 117 Å². The maximum absolute atomic E-state index is 12.8. The summed E-state index contributed by atoms with van der Waals surface area (Å²) in [6, 6.07) is 4.88. The van der Waals surface area contributed by atoms with Crippen molar-refractivity contribution in [3.63, 3.8) is 0 Å². The van der Waals surface area contributed by atoms with Gasteiger partial charge in [0, 0.05) is 18.6 Å². The molecule has 1 aromatic carbocycles. The summed E-state index contributed by atoms with van der Waals surface area (Å²) in [6.45, 7) is 0.928. The van der Waals surface area contributed by atoms with Gasteiger partial charge in [-0.3, -0.25) is 14.9 Å². The number of nitrogens with zero attached hydrogens (tertiary/aromatic N) is 1. The minimum Gasteiger partial charge on any atom is -0.376 e. The lowest BCUT2D eigenvalue weighted by molar-refractivity contribution is -0.384. The zero-order valence-corrected chi connectivity index (χ0v) is 10.9. The Morgan fingerprint density at radius 1 is 1.43 bits per heavy atom. The largest absolute Gasteiger partial charge is 0.421 e. The van der Waals surface area contributed by atoms with E-state index >= 15 is 0 Å². The molecule has 0 aliphatic carbocycles. The highest BCUT2D eigenvalue weighted by atomic mass is 19.4. The van der Waals surface area contributed by atoms with Crippen LogP contribution in [0.5, 0.6) is 0 Å². The molecule has 0 aromatic heterocycles. The van der Waals surface area contributed by atoms with Crippen LogP contribution < -0.4 is 0 Å². The quantitative estimate of drug-likeness (QED) is 0.670. The van der Waals surface area contributed by atoms with Crippen LogP contribution in [0.25, 0.3) is 6.08 Å². The Morgan fingerprint density at radius 2 is 2.05 bits per heavy atom. The number of hydrogen-bond donors (Lipinski definition) is 1. The molecule has 0 spiro atoms. The number of carbonyl (C=O) groups excluding carboxylic acids is 1. The minimum atomic E-state index is -5.03. The van der Waals surface area contributed by atoms with Gasteiger partial charge in [-0.2, -0.15) is 13.2 Å². The van der Waals surface area contributed by atoms with Crippen LogP contribution in [0, 0.1) is 10.1 Å². The van der Waals surface area contributed by atoms with E-state index < -0.39 is 28.9 Å². The molecule has 0 amide bonds. The van der Waals surface area contributed by atoms with Gasteiger partial charge in [0.05, 0.1) is 4.92 Å². The molecule has 5 nitrogen and oxygen atoms in total. The fourth-order valence-corrected chi connectivity index (χ4v) is 1.61. The molecule has 0 fully saturated rings. The number of non-ortho nitro benzene ring substituents is 1. The second-order valence-corrected chi connectivity index (χ2v) is 4.49. The van der Waals surface area contributed by atoms with Crippen LogP contribution in [-0.2, 0) is 4.79 Å². The molecule has 0 bridgehead atoms. The van der Waals surface area contributed by atoms with E-state index in [2.05, 4.69) is 0 Å². The number of alkyl halides is 3. The molecule has 0 aliphatic rings. The first-order valence-corrected chi connectivity index (χ1v) is 5.77. The number of carbonyl (C=O) groups is 1. The third-order valence-corrected chi connectivity index (χ3v) is 2.64. The monoisotopic (exact) mass is 303 g/mol. The average molecular weight is 303 g/mol. The van der Waals surface area contributed by atoms with Crippen LogP contribution in [0.3, 0.4) is 0 Å². The molecule has 0 radical (unpaired) electrons. The number of benzene rings is 1. The number of hydrogen-bond acceptors (Lipinski definition) is 4. The van der Waals surface area contributed by atoms with Crippen LogP contribution in [-0.4, -0.2) is 27.6 Å². The van der Waals surface area contributed by atoms with Crippen molar-refractivity contribution in [3.05, 3.63) is 46.0 Å². The highest BCUT2D eigenvalue weighted by Gasteiger charge is 2.52. The summed E-state index contributed by atoms with van der Waals surface area (Å²) >= 11 is 0. The second-order valence-electron chi connectivity index (χ2n) is 4.49. The molecule has 1 N–H and O–H groups in total. The lowest BCUT2D eigenvalue weighted by Crippen LogP contribution is -2.44. The predicted molar refractivity (Wildman–Crippen MR) is 68.4 cm³/mol. The van der Waals surface area contributed by atoms with E-state index in [4.69, 9.17) is 0 Å². The fraction of sp³-hybridized carbons (Fsp3) is 0.308. The van der Waals surface area contributed by atoms with E-state index in [0.29, 0.717) is 6.08 Å². The molecule has 0 heterocycles. The van der Waals surface area contributed by atoms with Gasteiger partial charge in [-0.05, 0) is 18.6 Å². The molecule has 0 unspecified atom stereocenters. The number of nitro benzene ring substituents is 1. The number of halogens is 3. The smallest absolute Gasteiger partial charge is 0.376 e. The average Bonchev–Trinajstić information content (AvgIpc) is 2.34. The van der Waals surface area contributed by atoms with Crippen molar-refractivity contribution in [3.8, 4) is 0 Å². The highest BCUT2D eigenvalue weighted by molar-refractivity contribution is 5.77. The molecule has 0 saturated heterocycles. The van der Waals surface area contributed by atoms with Crippen LogP contribution in [0.15, 0.2) is 30.3 Å². The molecule has 8 heteroatoms. The number of Topliss-reactive ketones (excluding diaryl/α,β-unsaturated/α-hetero) is 1. The van der Waals surface area contributed by atoms with Gasteiger partial charge in [0.1, 0.15) is 5.78 Å². The zero-order chi connectivity index (χ0) is 16.3. The first-order valence-electron chi connectivity index (χ1n) is 5.77. The summed E-state index contributed by atoms with van der Waals surface area (Å²) < 4.78 is 38.4. The SMILES string of the molecule is CC(=O)C[C@](O)(/C=C/c1cccc([N+](=O)[O-])c1)C(F)(F)F. The van der Waals surface area contributed by atoms with Gasteiger partial charge < -0.3 is 5.11 Å². The van der Waals surface area contributed by atoms with E-state index in [1.165, 1.54) is 18.2 Å². The molecule has 0 aliphatic heterocycles. The molecule has 1 aromatic rings. The Hall–Kier alpha value is -2.22. The van der Waals surface area contributed by atoms with Crippen LogP contribution in [0.4, 0.5) is 18.9 Å². The third kappa shape index (κ3) is 4.38. The Morgan fingerprint density at radius 3 is 2.52 bits per heavy atom. The van der Waals surface area contributed by atoms with Crippen molar-refractivity contribution < 1.29 is 28.0 Å². The van der Waals surface area contributed by atoms with Crippen LogP contribution in [0.1, 0.15) is 18.9 Å². The molecule has 1 rings (SSSR count). The van der Waals surface area contributed by atoms with Crippen LogP contribution in [0.2, 0.25) is 0 Å². The molecule has 21 heavy (non-hydrogen) atoms. The van der Waals surface area contributed by atoms with Crippen molar-refractivity contribution in [1.29, 1.82) is 0 Å². The molecule has 114 valence electrons. The Bertz CT molecular complexity index is 583. The lowest BCUT2D eigenvalue weighted by atomic mass is 9.95. The van der Waals surface area contributed by atoms with Gasteiger partial charge in [0.15, 0.2) is 5.60 Å². The number of aliphatic hydroxyl groups is 1. The minimum absolute atomic E-state index is 0.107. The number of ketones is 1. The van der Waals surface area contributed by atoms with E-state index in [1.807, 2.05) is 0 Å². The first-order chi connectivity index (χ1) is 9.55. The maximum atomic E-state index is 12.8. The molecular formula is C13H12F3NO4. The van der Waals surface area contributed by atoms with Gasteiger partial charge >= 0.3 is 6.18 Å². The van der Waals surface area contributed by atoms with E-state index in [9.17, 15) is 33.2 Å². The number of nitro groups is 1. The van der Waals surface area contributed by atoms with Gasteiger partial charge in [-0.25, -0.2) is 0 Å². The summed E-state index contributed by atoms with van der Waals surface area (Å²) in [4.78, 5) is 20.8. The molecular weight excluding hydrogens is 291 g/mol. The maximum Gasteiger partial charge on any atom is 0.421 e. The van der Waals surface area contributed by atoms with Gasteiger partial charge in [-0.1, -0.05) is 18.2 Å². The van der Waals surface area contributed by atoms with Gasteiger partial charge in [0.25, 0.3) is 5.69 Å². The van der Waals surface area contributed by atoms with Gasteiger partial charge in [-0.15, -0.1) is 0 Å². The van der Waals surface area contributed by atoms with E-state index in [1.54, 1.807) is 0 Å². The van der Waals surface area contributed by atoms with Crippen molar-refractivity contribution in [2.45, 2.75) is 25.1 Å². The van der Waals surface area contributed by atoms with Crippen molar-refractivity contribution in [1.82, 2.24) is 0 Å². The Balaban J connectivity index is 3.11. The third-order valence-electron chi connectivity index (χ3n) is 2.64. The van der Waals surface area contributed by atoms with Crippen molar-refractivity contribution in [2.24, 2.45) is 0 Å². The van der Waals surface area contributed by atoms with Crippen LogP contribution >= 0.6 is 0 Å². The summed E-state index contributed by atoms with van der Waals surface area (Å²) in [6.07, 6.45) is -4.84. The molecule has 1 atom stereocenters. The molecule has 0 saturated carbocycles. The fourth-order valence-electron chi connectivity index (χ4n) is 1.61. The normalized spacial score (nSPS) is 14.9. The summed E-state index contributed by atoms with van der Waals surface area (Å²) in [5, 5.41) is 20.2. The summed E-state index contributed by atoms with van der Waals surface area (Å²) in [7, 11) is 0. The van der Waals surface area contributed by atoms with Gasteiger partial charge in [0.2, 0.25) is 0 Å². The van der Waals surface area contributed by atoms with E-state index in [0.717, 1.165) is 19.1 Å².